The van der Waals surface area contributed by atoms with Crippen molar-refractivity contribution in [3.8, 4) is 0 Å². The van der Waals surface area contributed by atoms with Gasteiger partial charge in [0.2, 0.25) is 0 Å². The van der Waals surface area contributed by atoms with Crippen molar-refractivity contribution in [3.63, 3.8) is 0 Å². The average Bonchev–Trinajstić information content (AvgIpc) is 2.39. The number of rotatable bonds is 5. The van der Waals surface area contributed by atoms with Crippen molar-refractivity contribution in [3.05, 3.63) is 63.9 Å². The fraction of sp³-hybridized carbons (Fsp3) is 0.214. The van der Waals surface area contributed by atoms with Crippen molar-refractivity contribution in [1.82, 2.24) is 10.3 Å². The first-order chi connectivity index (χ1) is 9.16. The van der Waals surface area contributed by atoms with E-state index < -0.39 is 6.10 Å². The molecule has 100 valence electrons. The molecule has 1 atom stereocenters. The lowest BCUT2D eigenvalue weighted by molar-refractivity contribution is 0.174. The zero-order valence-electron chi connectivity index (χ0n) is 10.2. The fourth-order valence-corrected chi connectivity index (χ4v) is 2.26. The van der Waals surface area contributed by atoms with Crippen LogP contribution in [0.3, 0.4) is 0 Å². The first kappa shape index (κ1) is 14.3. The smallest absolute Gasteiger partial charge is 0.0928 e. The van der Waals surface area contributed by atoms with E-state index in [9.17, 15) is 5.11 Å². The van der Waals surface area contributed by atoms with Gasteiger partial charge in [0, 0.05) is 34.9 Å². The molecule has 0 aliphatic rings. The summed E-state index contributed by atoms with van der Waals surface area (Å²) >= 11 is 11.9. The van der Waals surface area contributed by atoms with E-state index in [-0.39, 0.29) is 0 Å². The Balaban J connectivity index is 1.89. The molecule has 0 aliphatic carbocycles. The Labute approximate surface area is 122 Å². The molecule has 0 bridgehead atoms. The maximum Gasteiger partial charge on any atom is 0.0928 e. The van der Waals surface area contributed by atoms with Crippen LogP contribution in [-0.4, -0.2) is 16.6 Å². The SMILES string of the molecule is OC(CNCc1ccccn1)c1ccc(Cl)cc1Cl. The van der Waals surface area contributed by atoms with Crippen LogP contribution in [0.25, 0.3) is 0 Å². The van der Waals surface area contributed by atoms with E-state index >= 15 is 0 Å². The van der Waals surface area contributed by atoms with E-state index in [1.807, 2.05) is 18.2 Å². The summed E-state index contributed by atoms with van der Waals surface area (Å²) in [5, 5.41) is 14.2. The number of pyridine rings is 1. The number of nitrogens with one attached hydrogen (secondary N) is 1. The van der Waals surface area contributed by atoms with Gasteiger partial charge >= 0.3 is 0 Å². The Hall–Kier alpha value is -1.13. The third-order valence-corrected chi connectivity index (χ3v) is 3.25. The minimum Gasteiger partial charge on any atom is -0.387 e. The third kappa shape index (κ3) is 4.18. The van der Waals surface area contributed by atoms with Gasteiger partial charge in [0.1, 0.15) is 0 Å². The molecule has 1 aromatic heterocycles. The van der Waals surface area contributed by atoms with Gasteiger partial charge < -0.3 is 10.4 Å². The van der Waals surface area contributed by atoms with Gasteiger partial charge in [-0.1, -0.05) is 35.3 Å². The molecule has 1 unspecified atom stereocenters. The van der Waals surface area contributed by atoms with Crippen molar-refractivity contribution >= 4 is 23.2 Å². The van der Waals surface area contributed by atoms with E-state index in [1.165, 1.54) is 0 Å². The number of aliphatic hydroxyl groups excluding tert-OH is 1. The van der Waals surface area contributed by atoms with Crippen LogP contribution < -0.4 is 5.32 Å². The highest BCUT2D eigenvalue weighted by Crippen LogP contribution is 2.25. The second kappa shape index (κ2) is 6.87. The molecular formula is C14H14Cl2N2O. The zero-order chi connectivity index (χ0) is 13.7. The third-order valence-electron chi connectivity index (χ3n) is 2.69. The summed E-state index contributed by atoms with van der Waals surface area (Å²) in [7, 11) is 0. The Morgan fingerprint density at radius 2 is 2.05 bits per heavy atom. The molecule has 2 rings (SSSR count). The molecule has 1 aromatic carbocycles. The number of hydrogen-bond donors (Lipinski definition) is 2. The summed E-state index contributed by atoms with van der Waals surface area (Å²) < 4.78 is 0. The van der Waals surface area contributed by atoms with Crippen LogP contribution in [0.5, 0.6) is 0 Å². The summed E-state index contributed by atoms with van der Waals surface area (Å²) in [6.07, 6.45) is 1.07. The summed E-state index contributed by atoms with van der Waals surface area (Å²) in [4.78, 5) is 4.19. The standard InChI is InChI=1S/C14H14Cl2N2O/c15-10-4-5-12(13(16)7-10)14(19)9-17-8-11-3-1-2-6-18-11/h1-7,14,17,19H,8-9H2. The van der Waals surface area contributed by atoms with Gasteiger partial charge in [0.15, 0.2) is 0 Å². The molecule has 0 saturated carbocycles. The van der Waals surface area contributed by atoms with Crippen molar-refractivity contribution in [2.24, 2.45) is 0 Å². The molecule has 0 aliphatic heterocycles. The van der Waals surface area contributed by atoms with Crippen molar-refractivity contribution in [1.29, 1.82) is 0 Å². The largest absolute Gasteiger partial charge is 0.387 e. The Morgan fingerprint density at radius 3 is 2.74 bits per heavy atom. The highest BCUT2D eigenvalue weighted by molar-refractivity contribution is 6.35. The predicted octanol–water partition coefficient (Wildman–Crippen LogP) is 3.21. The summed E-state index contributed by atoms with van der Waals surface area (Å²) in [6.45, 7) is 1.00. The van der Waals surface area contributed by atoms with E-state index in [4.69, 9.17) is 23.2 Å². The molecule has 3 nitrogen and oxygen atoms in total. The van der Waals surface area contributed by atoms with Gasteiger partial charge in [-0.2, -0.15) is 0 Å². The molecule has 2 aromatic rings. The highest BCUT2D eigenvalue weighted by atomic mass is 35.5. The van der Waals surface area contributed by atoms with Gasteiger partial charge in [-0.05, 0) is 24.3 Å². The topological polar surface area (TPSA) is 45.1 Å². The highest BCUT2D eigenvalue weighted by Gasteiger charge is 2.11. The molecule has 0 fully saturated rings. The molecule has 5 heteroatoms. The summed E-state index contributed by atoms with van der Waals surface area (Å²) in [5.74, 6) is 0. The van der Waals surface area contributed by atoms with Crippen molar-refractivity contribution < 1.29 is 5.11 Å². The van der Waals surface area contributed by atoms with Gasteiger partial charge in [0.25, 0.3) is 0 Å². The summed E-state index contributed by atoms with van der Waals surface area (Å²) in [6, 6.07) is 10.8. The maximum atomic E-state index is 10.1. The van der Waals surface area contributed by atoms with Gasteiger partial charge in [-0.15, -0.1) is 0 Å². The average molecular weight is 297 g/mol. The molecule has 19 heavy (non-hydrogen) atoms. The van der Waals surface area contributed by atoms with Gasteiger partial charge in [-0.25, -0.2) is 0 Å². The van der Waals surface area contributed by atoms with Crippen LogP contribution in [-0.2, 0) is 6.54 Å². The Morgan fingerprint density at radius 1 is 1.21 bits per heavy atom. The van der Waals surface area contributed by atoms with Gasteiger partial charge in [-0.3, -0.25) is 4.98 Å². The first-order valence-electron chi connectivity index (χ1n) is 5.90. The lowest BCUT2D eigenvalue weighted by Crippen LogP contribution is -2.21. The van der Waals surface area contributed by atoms with E-state index in [0.717, 1.165) is 5.69 Å². The predicted molar refractivity (Wildman–Crippen MR) is 77.4 cm³/mol. The van der Waals surface area contributed by atoms with Crippen molar-refractivity contribution in [2.45, 2.75) is 12.6 Å². The fourth-order valence-electron chi connectivity index (χ4n) is 1.72. The van der Waals surface area contributed by atoms with Crippen molar-refractivity contribution in [2.75, 3.05) is 6.54 Å². The number of halogens is 2. The molecular weight excluding hydrogens is 283 g/mol. The second-order valence-corrected chi connectivity index (χ2v) is 4.98. The second-order valence-electron chi connectivity index (χ2n) is 4.13. The number of benzene rings is 1. The Bertz CT molecular complexity index is 534. The first-order valence-corrected chi connectivity index (χ1v) is 6.66. The lowest BCUT2D eigenvalue weighted by atomic mass is 10.1. The number of aliphatic hydroxyl groups is 1. The minimum atomic E-state index is -0.673. The summed E-state index contributed by atoms with van der Waals surface area (Å²) in [5.41, 5.74) is 1.59. The van der Waals surface area contributed by atoms with Crippen LogP contribution in [0.1, 0.15) is 17.4 Å². The maximum absolute atomic E-state index is 10.1. The minimum absolute atomic E-state index is 0.401. The number of hydrogen-bond acceptors (Lipinski definition) is 3. The normalized spacial score (nSPS) is 12.4. The van der Waals surface area contributed by atoms with E-state index in [2.05, 4.69) is 10.3 Å². The number of aromatic nitrogens is 1. The lowest BCUT2D eigenvalue weighted by Gasteiger charge is -2.13. The van der Waals surface area contributed by atoms with Crippen LogP contribution in [0.2, 0.25) is 10.0 Å². The van der Waals surface area contributed by atoms with Crippen LogP contribution in [0, 0.1) is 0 Å². The van der Waals surface area contributed by atoms with E-state index in [0.29, 0.717) is 28.7 Å². The quantitative estimate of drug-likeness (QED) is 0.890. The zero-order valence-corrected chi connectivity index (χ0v) is 11.7. The monoisotopic (exact) mass is 296 g/mol. The number of nitrogens with zero attached hydrogens (tertiary/aromatic N) is 1. The molecule has 0 amide bonds. The molecule has 2 N–H and O–H groups in total. The Kier molecular flexibility index (Phi) is 5.16. The van der Waals surface area contributed by atoms with E-state index in [1.54, 1.807) is 24.4 Å². The molecule has 0 radical (unpaired) electrons. The van der Waals surface area contributed by atoms with Crippen LogP contribution in [0.4, 0.5) is 0 Å². The van der Waals surface area contributed by atoms with Crippen LogP contribution in [0.15, 0.2) is 42.6 Å². The van der Waals surface area contributed by atoms with Gasteiger partial charge in [0.05, 0.1) is 11.8 Å². The molecule has 0 spiro atoms. The molecule has 1 heterocycles. The van der Waals surface area contributed by atoms with Crippen LogP contribution >= 0.6 is 23.2 Å². The molecule has 0 saturated heterocycles.